The summed E-state index contributed by atoms with van der Waals surface area (Å²) in [5, 5.41) is 0. The Kier molecular flexibility index (Phi) is 6.51. The maximum Gasteiger partial charge on any atom is 0.421 e. The molecule has 0 aliphatic heterocycles. The molecular formula is C19H24F3N3O2. The first kappa shape index (κ1) is 20.8. The summed E-state index contributed by atoms with van der Waals surface area (Å²) in [7, 11) is 1.51. The van der Waals surface area contributed by atoms with Crippen molar-refractivity contribution in [1.29, 1.82) is 0 Å². The molecule has 2 aromatic rings. The highest BCUT2D eigenvalue weighted by atomic mass is 19.4. The third-order valence-corrected chi connectivity index (χ3v) is 3.49. The molecule has 27 heavy (non-hydrogen) atoms. The number of rotatable bonds is 7. The molecule has 0 radical (unpaired) electrons. The lowest BCUT2D eigenvalue weighted by molar-refractivity contribution is -0.137. The number of hydrogen-bond acceptors (Lipinski definition) is 5. The fourth-order valence-corrected chi connectivity index (χ4v) is 2.28. The molecule has 0 bridgehead atoms. The summed E-state index contributed by atoms with van der Waals surface area (Å²) in [6.45, 7) is 7.92. The summed E-state index contributed by atoms with van der Waals surface area (Å²) in [6, 6.07) is 6.72. The second kappa shape index (κ2) is 8.45. The van der Waals surface area contributed by atoms with Crippen molar-refractivity contribution in [1.82, 2.24) is 9.97 Å². The Bertz CT molecular complexity index is 764. The number of alkyl halides is 3. The Morgan fingerprint density at radius 1 is 1.15 bits per heavy atom. The van der Waals surface area contributed by atoms with Crippen LogP contribution in [0.1, 0.15) is 33.3 Å². The molecule has 1 aromatic carbocycles. The Balaban J connectivity index is 2.42. The molecule has 0 amide bonds. The van der Waals surface area contributed by atoms with Gasteiger partial charge in [-0.25, -0.2) is 4.98 Å². The Morgan fingerprint density at radius 3 is 2.44 bits per heavy atom. The zero-order chi connectivity index (χ0) is 20.2. The van der Waals surface area contributed by atoms with E-state index in [1.807, 2.05) is 27.7 Å². The maximum absolute atomic E-state index is 13.4. The van der Waals surface area contributed by atoms with Crippen LogP contribution in [0.4, 0.5) is 24.7 Å². The van der Waals surface area contributed by atoms with Crippen molar-refractivity contribution in [2.45, 2.75) is 40.0 Å². The zero-order valence-corrected chi connectivity index (χ0v) is 16.0. The first-order valence-electron chi connectivity index (χ1n) is 8.65. The predicted molar refractivity (Wildman–Crippen MR) is 97.6 cm³/mol. The van der Waals surface area contributed by atoms with Gasteiger partial charge in [-0.3, -0.25) is 0 Å². The highest BCUT2D eigenvalue weighted by molar-refractivity contribution is 5.64. The van der Waals surface area contributed by atoms with Crippen LogP contribution >= 0.6 is 0 Å². The second-order valence-electron chi connectivity index (χ2n) is 6.82. The lowest BCUT2D eigenvalue weighted by Gasteiger charge is -2.23. The molecule has 0 aliphatic rings. The number of benzene rings is 1. The number of anilines is 2. The SMILES string of the molecule is CC(C)COc1ncc(C(F)(F)F)c(N(C)c2cccc(OC(C)C)c2)n1. The van der Waals surface area contributed by atoms with E-state index in [9.17, 15) is 13.2 Å². The van der Waals surface area contributed by atoms with E-state index in [-0.39, 0.29) is 23.9 Å². The van der Waals surface area contributed by atoms with E-state index in [1.165, 1.54) is 11.9 Å². The molecule has 0 atom stereocenters. The molecule has 0 spiro atoms. The van der Waals surface area contributed by atoms with Crippen molar-refractivity contribution in [2.75, 3.05) is 18.6 Å². The van der Waals surface area contributed by atoms with Gasteiger partial charge in [0.2, 0.25) is 0 Å². The summed E-state index contributed by atoms with van der Waals surface area (Å²) in [5.41, 5.74) is -0.427. The molecule has 0 aliphatic carbocycles. The molecule has 0 unspecified atom stereocenters. The van der Waals surface area contributed by atoms with Crippen molar-refractivity contribution < 1.29 is 22.6 Å². The molecule has 0 saturated heterocycles. The van der Waals surface area contributed by atoms with Crippen LogP contribution in [0.25, 0.3) is 0 Å². The van der Waals surface area contributed by atoms with Gasteiger partial charge in [-0.1, -0.05) is 19.9 Å². The molecule has 1 aromatic heterocycles. The first-order valence-corrected chi connectivity index (χ1v) is 8.65. The Labute approximate surface area is 157 Å². The smallest absolute Gasteiger partial charge is 0.421 e. The van der Waals surface area contributed by atoms with Crippen LogP contribution < -0.4 is 14.4 Å². The minimum atomic E-state index is -4.59. The van der Waals surface area contributed by atoms with Crippen molar-refractivity contribution in [2.24, 2.45) is 5.92 Å². The van der Waals surface area contributed by atoms with E-state index >= 15 is 0 Å². The third-order valence-electron chi connectivity index (χ3n) is 3.49. The summed E-state index contributed by atoms with van der Waals surface area (Å²) in [5.74, 6) is 0.480. The van der Waals surface area contributed by atoms with Crippen LogP contribution in [0.5, 0.6) is 11.8 Å². The fourth-order valence-electron chi connectivity index (χ4n) is 2.28. The minimum Gasteiger partial charge on any atom is -0.491 e. The molecule has 0 fully saturated rings. The van der Waals surface area contributed by atoms with Gasteiger partial charge in [0.25, 0.3) is 0 Å². The van der Waals surface area contributed by atoms with Gasteiger partial charge in [-0.15, -0.1) is 0 Å². The van der Waals surface area contributed by atoms with E-state index in [0.29, 0.717) is 18.0 Å². The van der Waals surface area contributed by atoms with Gasteiger partial charge < -0.3 is 14.4 Å². The molecule has 8 heteroatoms. The van der Waals surface area contributed by atoms with E-state index in [0.717, 1.165) is 6.20 Å². The molecule has 5 nitrogen and oxygen atoms in total. The predicted octanol–water partition coefficient (Wildman–Crippen LogP) is 5.09. The summed E-state index contributed by atoms with van der Waals surface area (Å²) in [4.78, 5) is 9.06. The highest BCUT2D eigenvalue weighted by Crippen LogP contribution is 2.38. The van der Waals surface area contributed by atoms with Gasteiger partial charge in [0.1, 0.15) is 11.3 Å². The lowest BCUT2D eigenvalue weighted by atomic mass is 10.2. The number of hydrogen-bond donors (Lipinski definition) is 0. The number of nitrogens with zero attached hydrogens (tertiary/aromatic N) is 3. The third kappa shape index (κ3) is 5.74. The highest BCUT2D eigenvalue weighted by Gasteiger charge is 2.36. The van der Waals surface area contributed by atoms with Crippen LogP contribution in [0.15, 0.2) is 30.5 Å². The van der Waals surface area contributed by atoms with Gasteiger partial charge in [0.15, 0.2) is 5.82 Å². The fraction of sp³-hybridized carbons (Fsp3) is 0.474. The van der Waals surface area contributed by atoms with Gasteiger partial charge in [-0.05, 0) is 31.9 Å². The maximum atomic E-state index is 13.4. The van der Waals surface area contributed by atoms with Crippen molar-refractivity contribution in [3.63, 3.8) is 0 Å². The second-order valence-corrected chi connectivity index (χ2v) is 6.82. The lowest BCUT2D eigenvalue weighted by Crippen LogP contribution is -2.20. The van der Waals surface area contributed by atoms with Crippen LogP contribution in [0.3, 0.4) is 0 Å². The summed E-state index contributed by atoms with van der Waals surface area (Å²) >= 11 is 0. The number of ether oxygens (including phenoxy) is 2. The standard InChI is InChI=1S/C19H24F3N3O2/c1-12(2)11-26-18-23-10-16(19(20,21)22)17(24-18)25(5)14-7-6-8-15(9-14)27-13(3)4/h6-10,12-13H,11H2,1-5H3. The molecule has 0 saturated carbocycles. The average Bonchev–Trinajstić information content (AvgIpc) is 2.58. The molecule has 2 rings (SSSR count). The minimum absolute atomic E-state index is 0.0496. The van der Waals surface area contributed by atoms with Gasteiger partial charge in [0.05, 0.1) is 12.7 Å². The van der Waals surface area contributed by atoms with E-state index < -0.39 is 11.7 Å². The molecule has 0 N–H and O–H groups in total. The van der Waals surface area contributed by atoms with Crippen LogP contribution in [-0.2, 0) is 6.18 Å². The van der Waals surface area contributed by atoms with E-state index in [4.69, 9.17) is 9.47 Å². The topological polar surface area (TPSA) is 47.5 Å². The monoisotopic (exact) mass is 383 g/mol. The quantitative estimate of drug-likeness (QED) is 0.667. The van der Waals surface area contributed by atoms with E-state index in [1.54, 1.807) is 24.3 Å². The average molecular weight is 383 g/mol. The van der Waals surface area contributed by atoms with Gasteiger partial charge in [0, 0.05) is 25.0 Å². The summed E-state index contributed by atoms with van der Waals surface area (Å²) in [6.07, 6.45) is -3.89. The van der Waals surface area contributed by atoms with Crippen molar-refractivity contribution in [3.05, 3.63) is 36.0 Å². The Hall–Kier alpha value is -2.51. The molecular weight excluding hydrogens is 359 g/mol. The zero-order valence-electron chi connectivity index (χ0n) is 16.0. The van der Waals surface area contributed by atoms with Crippen LogP contribution in [-0.4, -0.2) is 29.7 Å². The van der Waals surface area contributed by atoms with Gasteiger partial charge >= 0.3 is 12.2 Å². The van der Waals surface area contributed by atoms with Crippen LogP contribution in [0.2, 0.25) is 0 Å². The normalized spacial score (nSPS) is 11.8. The number of aromatic nitrogens is 2. The van der Waals surface area contributed by atoms with Crippen molar-refractivity contribution in [3.8, 4) is 11.8 Å². The van der Waals surface area contributed by atoms with Crippen LogP contribution in [0, 0.1) is 5.92 Å². The number of halogens is 3. The first-order chi connectivity index (χ1) is 12.6. The largest absolute Gasteiger partial charge is 0.491 e. The van der Waals surface area contributed by atoms with Gasteiger partial charge in [-0.2, -0.15) is 18.2 Å². The molecule has 148 valence electrons. The Morgan fingerprint density at radius 2 is 1.85 bits per heavy atom. The molecule has 1 heterocycles. The van der Waals surface area contributed by atoms with Crippen molar-refractivity contribution >= 4 is 11.5 Å². The summed E-state index contributed by atoms with van der Waals surface area (Å²) < 4.78 is 51.4. The van der Waals surface area contributed by atoms with E-state index in [2.05, 4.69) is 9.97 Å².